The lowest BCUT2D eigenvalue weighted by atomic mass is 10.1. The Hall–Kier alpha value is -1.50. The van der Waals surface area contributed by atoms with Crippen LogP contribution in [0.15, 0.2) is 12.1 Å². The van der Waals surface area contributed by atoms with Gasteiger partial charge in [-0.25, -0.2) is 0 Å². The van der Waals surface area contributed by atoms with Crippen LogP contribution >= 0.6 is 11.6 Å². The van der Waals surface area contributed by atoms with Crippen molar-refractivity contribution in [3.8, 4) is 0 Å². The van der Waals surface area contributed by atoms with Crippen LogP contribution in [0.1, 0.15) is 10.4 Å². The zero-order valence-corrected chi connectivity index (χ0v) is 11.9. The average molecular weight is 299 g/mol. The Kier molecular flexibility index (Phi) is 5.05. The van der Waals surface area contributed by atoms with Gasteiger partial charge in [0.1, 0.15) is 0 Å². The summed E-state index contributed by atoms with van der Waals surface area (Å²) in [6.45, 7) is 4.87. The summed E-state index contributed by atoms with van der Waals surface area (Å²) in [5.74, 6) is -0.548. The summed E-state index contributed by atoms with van der Waals surface area (Å²) in [7, 11) is 0. The molecule has 1 aromatic carbocycles. The normalized spacial score (nSPS) is 16.1. The summed E-state index contributed by atoms with van der Waals surface area (Å²) >= 11 is 6.12. The predicted octanol–water partition coefficient (Wildman–Crippen LogP) is 0.765. The number of benzene rings is 1. The SMILES string of the molecule is NC(=O)c1cc(N)cc(Cl)c1NCCN1CCOCC1. The van der Waals surface area contributed by atoms with E-state index in [1.807, 2.05) is 0 Å². The Bertz CT molecular complexity index is 490. The molecule has 7 heteroatoms. The number of nitrogens with one attached hydrogen (secondary N) is 1. The van der Waals surface area contributed by atoms with E-state index in [9.17, 15) is 4.79 Å². The van der Waals surface area contributed by atoms with Crippen molar-refractivity contribution in [2.75, 3.05) is 50.4 Å². The zero-order valence-electron chi connectivity index (χ0n) is 11.2. The van der Waals surface area contributed by atoms with Crippen molar-refractivity contribution in [1.29, 1.82) is 0 Å². The van der Waals surface area contributed by atoms with Gasteiger partial charge < -0.3 is 21.5 Å². The Balaban J connectivity index is 1.99. The Labute approximate surface area is 123 Å². The van der Waals surface area contributed by atoms with Crippen LogP contribution in [-0.2, 0) is 4.74 Å². The van der Waals surface area contributed by atoms with Crippen LogP contribution < -0.4 is 16.8 Å². The van der Waals surface area contributed by atoms with Gasteiger partial charge in [0.15, 0.2) is 0 Å². The van der Waals surface area contributed by atoms with Crippen molar-refractivity contribution in [2.24, 2.45) is 5.73 Å². The second-order valence-corrected chi connectivity index (χ2v) is 5.08. The molecular formula is C13H19ClN4O2. The number of nitrogens with two attached hydrogens (primary N) is 2. The lowest BCUT2D eigenvalue weighted by Gasteiger charge is -2.26. The molecule has 5 N–H and O–H groups in total. The van der Waals surface area contributed by atoms with E-state index in [1.165, 1.54) is 6.07 Å². The number of ether oxygens (including phenoxy) is 1. The maximum absolute atomic E-state index is 11.4. The van der Waals surface area contributed by atoms with Gasteiger partial charge >= 0.3 is 0 Å². The first-order valence-corrected chi connectivity index (χ1v) is 6.88. The highest BCUT2D eigenvalue weighted by Gasteiger charge is 2.14. The van der Waals surface area contributed by atoms with Crippen molar-refractivity contribution >= 4 is 28.9 Å². The third-order valence-corrected chi connectivity index (χ3v) is 3.51. The smallest absolute Gasteiger partial charge is 0.250 e. The van der Waals surface area contributed by atoms with Crippen molar-refractivity contribution < 1.29 is 9.53 Å². The van der Waals surface area contributed by atoms with Crippen molar-refractivity contribution in [3.63, 3.8) is 0 Å². The predicted molar refractivity (Wildman–Crippen MR) is 80.1 cm³/mol. The molecule has 0 radical (unpaired) electrons. The van der Waals surface area contributed by atoms with Crippen LogP contribution in [0.5, 0.6) is 0 Å². The van der Waals surface area contributed by atoms with E-state index in [1.54, 1.807) is 6.07 Å². The lowest BCUT2D eigenvalue weighted by Crippen LogP contribution is -2.39. The number of carbonyl (C=O) groups is 1. The molecule has 1 heterocycles. The Morgan fingerprint density at radius 2 is 2.10 bits per heavy atom. The van der Waals surface area contributed by atoms with E-state index < -0.39 is 5.91 Å². The minimum atomic E-state index is -0.548. The van der Waals surface area contributed by atoms with Gasteiger partial charge in [-0.1, -0.05) is 11.6 Å². The van der Waals surface area contributed by atoms with E-state index in [0.717, 1.165) is 32.8 Å². The molecule has 2 rings (SSSR count). The van der Waals surface area contributed by atoms with Gasteiger partial charge in [0.05, 0.1) is 29.5 Å². The number of morpholine rings is 1. The number of halogens is 1. The number of carbonyl (C=O) groups excluding carboxylic acids is 1. The number of anilines is 2. The van der Waals surface area contributed by atoms with E-state index >= 15 is 0 Å². The standard InChI is InChI=1S/C13H19ClN4O2/c14-11-8-9(15)7-10(13(16)19)12(11)17-1-2-18-3-5-20-6-4-18/h7-8,17H,1-6,15H2,(H2,16,19). The fourth-order valence-corrected chi connectivity index (χ4v) is 2.46. The van der Waals surface area contributed by atoms with Crippen molar-refractivity contribution in [3.05, 3.63) is 22.7 Å². The van der Waals surface area contributed by atoms with Crippen LogP contribution in [0.4, 0.5) is 11.4 Å². The van der Waals surface area contributed by atoms with Crippen LogP contribution in [0.3, 0.4) is 0 Å². The highest BCUT2D eigenvalue weighted by Crippen LogP contribution is 2.28. The minimum absolute atomic E-state index is 0.317. The number of nitrogens with zero attached hydrogens (tertiary/aromatic N) is 1. The lowest BCUT2D eigenvalue weighted by molar-refractivity contribution is 0.0398. The summed E-state index contributed by atoms with van der Waals surface area (Å²) in [5, 5.41) is 3.57. The number of hydrogen-bond acceptors (Lipinski definition) is 5. The topological polar surface area (TPSA) is 93.6 Å². The largest absolute Gasteiger partial charge is 0.399 e. The molecule has 110 valence electrons. The fourth-order valence-electron chi connectivity index (χ4n) is 2.17. The third kappa shape index (κ3) is 3.75. The Morgan fingerprint density at radius 1 is 1.40 bits per heavy atom. The fraction of sp³-hybridized carbons (Fsp3) is 0.462. The second-order valence-electron chi connectivity index (χ2n) is 4.67. The van der Waals surface area contributed by atoms with Crippen LogP contribution in [0.25, 0.3) is 0 Å². The molecule has 1 fully saturated rings. The van der Waals surface area contributed by atoms with Gasteiger partial charge in [0, 0.05) is 31.9 Å². The minimum Gasteiger partial charge on any atom is -0.399 e. The summed E-state index contributed by atoms with van der Waals surface area (Å²) < 4.78 is 5.29. The number of rotatable bonds is 5. The number of amides is 1. The molecule has 1 aromatic rings. The molecule has 0 bridgehead atoms. The van der Waals surface area contributed by atoms with Gasteiger partial charge in [-0.2, -0.15) is 0 Å². The first kappa shape index (κ1) is 14.9. The molecule has 1 aliphatic rings. The summed E-state index contributed by atoms with van der Waals surface area (Å²) in [4.78, 5) is 13.7. The van der Waals surface area contributed by atoms with Crippen LogP contribution in [0.2, 0.25) is 5.02 Å². The number of hydrogen-bond donors (Lipinski definition) is 3. The summed E-state index contributed by atoms with van der Waals surface area (Å²) in [6, 6.07) is 3.14. The Morgan fingerprint density at radius 3 is 2.75 bits per heavy atom. The highest BCUT2D eigenvalue weighted by molar-refractivity contribution is 6.34. The summed E-state index contributed by atoms with van der Waals surface area (Å²) in [5.41, 5.74) is 12.3. The number of nitrogen functional groups attached to an aromatic ring is 1. The van der Waals surface area contributed by atoms with Crippen molar-refractivity contribution in [1.82, 2.24) is 4.90 Å². The van der Waals surface area contributed by atoms with Gasteiger partial charge in [-0.3, -0.25) is 9.69 Å². The van der Waals surface area contributed by atoms with E-state index in [-0.39, 0.29) is 0 Å². The maximum atomic E-state index is 11.4. The van der Waals surface area contributed by atoms with Crippen LogP contribution in [0, 0.1) is 0 Å². The molecule has 1 saturated heterocycles. The zero-order chi connectivity index (χ0) is 14.5. The molecule has 0 spiro atoms. The molecule has 0 unspecified atom stereocenters. The molecular weight excluding hydrogens is 280 g/mol. The van der Waals surface area contributed by atoms with E-state index in [4.69, 9.17) is 27.8 Å². The quantitative estimate of drug-likeness (QED) is 0.698. The van der Waals surface area contributed by atoms with E-state index in [0.29, 0.717) is 28.5 Å². The molecule has 6 nitrogen and oxygen atoms in total. The molecule has 0 aliphatic carbocycles. The van der Waals surface area contributed by atoms with Crippen molar-refractivity contribution in [2.45, 2.75) is 0 Å². The van der Waals surface area contributed by atoms with Gasteiger partial charge in [-0.05, 0) is 12.1 Å². The monoisotopic (exact) mass is 298 g/mol. The first-order valence-electron chi connectivity index (χ1n) is 6.50. The average Bonchev–Trinajstić information content (AvgIpc) is 2.41. The van der Waals surface area contributed by atoms with Gasteiger partial charge in [-0.15, -0.1) is 0 Å². The van der Waals surface area contributed by atoms with Gasteiger partial charge in [0.2, 0.25) is 0 Å². The molecule has 0 saturated carbocycles. The van der Waals surface area contributed by atoms with Crippen LogP contribution in [-0.4, -0.2) is 50.2 Å². The maximum Gasteiger partial charge on any atom is 0.250 e. The molecule has 1 aliphatic heterocycles. The molecule has 20 heavy (non-hydrogen) atoms. The third-order valence-electron chi connectivity index (χ3n) is 3.21. The number of primary amides is 1. The second kappa shape index (κ2) is 6.78. The van der Waals surface area contributed by atoms with E-state index in [2.05, 4.69) is 10.2 Å². The van der Waals surface area contributed by atoms with Gasteiger partial charge in [0.25, 0.3) is 5.91 Å². The summed E-state index contributed by atoms with van der Waals surface area (Å²) in [6.07, 6.45) is 0. The first-order chi connectivity index (χ1) is 9.58. The molecule has 0 atom stereocenters. The molecule has 0 aromatic heterocycles. The highest BCUT2D eigenvalue weighted by atomic mass is 35.5. The molecule has 1 amide bonds.